The monoisotopic (exact) mass is 270 g/mol. The highest BCUT2D eigenvalue weighted by molar-refractivity contribution is 5.76. The van der Waals surface area contributed by atoms with Crippen molar-refractivity contribution in [2.24, 2.45) is 5.92 Å². The summed E-state index contributed by atoms with van der Waals surface area (Å²) in [5.41, 5.74) is 0. The van der Waals surface area contributed by atoms with E-state index in [4.69, 9.17) is 5.11 Å². The molecule has 1 rings (SSSR count). The first-order valence-corrected chi connectivity index (χ1v) is 6.05. The number of rotatable bonds is 7. The number of hydrogen-bond acceptors (Lipinski definition) is 5. The SMILES string of the molecule is CCCC(CNC(=O)NC(C)c1nn[nH]n1)C(=O)O. The van der Waals surface area contributed by atoms with Gasteiger partial charge in [0.2, 0.25) is 0 Å². The number of carbonyl (C=O) groups is 2. The number of hydrogen-bond donors (Lipinski definition) is 4. The number of carboxylic acid groups (broad SMARTS) is 1. The highest BCUT2D eigenvalue weighted by Crippen LogP contribution is 2.06. The van der Waals surface area contributed by atoms with E-state index in [9.17, 15) is 9.59 Å². The molecule has 0 spiro atoms. The molecule has 4 N–H and O–H groups in total. The minimum Gasteiger partial charge on any atom is -0.481 e. The molecule has 0 aromatic carbocycles. The number of urea groups is 1. The zero-order valence-corrected chi connectivity index (χ0v) is 10.9. The predicted molar refractivity (Wildman–Crippen MR) is 65.2 cm³/mol. The summed E-state index contributed by atoms with van der Waals surface area (Å²) >= 11 is 0. The fourth-order valence-electron chi connectivity index (χ4n) is 1.54. The van der Waals surface area contributed by atoms with Gasteiger partial charge in [0.1, 0.15) is 0 Å². The predicted octanol–water partition coefficient (Wildman–Crippen LogP) is 0.0608. The second-order valence-corrected chi connectivity index (χ2v) is 4.17. The Labute approximate surface area is 110 Å². The number of carboxylic acids is 1. The van der Waals surface area contributed by atoms with Crippen LogP contribution in [0.3, 0.4) is 0 Å². The maximum absolute atomic E-state index is 11.6. The normalized spacial score (nSPS) is 13.6. The summed E-state index contributed by atoms with van der Waals surface area (Å²) in [5.74, 6) is -1.12. The number of aromatic amines is 1. The van der Waals surface area contributed by atoms with Crippen LogP contribution in [0.2, 0.25) is 0 Å². The molecule has 0 saturated carbocycles. The zero-order valence-electron chi connectivity index (χ0n) is 10.9. The lowest BCUT2D eigenvalue weighted by molar-refractivity contribution is -0.141. The Balaban J connectivity index is 2.36. The van der Waals surface area contributed by atoms with Gasteiger partial charge in [0.15, 0.2) is 5.82 Å². The Morgan fingerprint density at radius 2 is 2.21 bits per heavy atom. The van der Waals surface area contributed by atoms with Crippen molar-refractivity contribution in [3.8, 4) is 0 Å². The van der Waals surface area contributed by atoms with Gasteiger partial charge in [0.05, 0.1) is 12.0 Å². The molecule has 1 heterocycles. The van der Waals surface area contributed by atoms with Crippen LogP contribution >= 0.6 is 0 Å². The van der Waals surface area contributed by atoms with Gasteiger partial charge in [0.25, 0.3) is 0 Å². The number of nitrogens with zero attached hydrogens (tertiary/aromatic N) is 3. The fourth-order valence-corrected chi connectivity index (χ4v) is 1.54. The molecule has 9 nitrogen and oxygen atoms in total. The molecule has 2 amide bonds. The summed E-state index contributed by atoms with van der Waals surface area (Å²) < 4.78 is 0. The van der Waals surface area contributed by atoms with Crippen LogP contribution in [0, 0.1) is 5.92 Å². The first-order chi connectivity index (χ1) is 9.04. The molecule has 2 atom stereocenters. The van der Waals surface area contributed by atoms with Crippen LogP contribution in [0.5, 0.6) is 0 Å². The van der Waals surface area contributed by atoms with Gasteiger partial charge in [-0.05, 0) is 13.3 Å². The summed E-state index contributed by atoms with van der Waals surface area (Å²) in [4.78, 5) is 22.5. The Morgan fingerprint density at radius 3 is 2.74 bits per heavy atom. The number of carbonyl (C=O) groups excluding carboxylic acids is 1. The summed E-state index contributed by atoms with van der Waals surface area (Å²) in [5, 5.41) is 27.2. The van der Waals surface area contributed by atoms with E-state index in [2.05, 4.69) is 31.3 Å². The van der Waals surface area contributed by atoms with E-state index in [0.717, 1.165) is 6.42 Å². The molecule has 106 valence electrons. The largest absolute Gasteiger partial charge is 0.481 e. The summed E-state index contributed by atoms with van der Waals surface area (Å²) in [6.07, 6.45) is 1.27. The molecule has 0 fully saturated rings. The molecule has 0 aliphatic rings. The van der Waals surface area contributed by atoms with E-state index >= 15 is 0 Å². The Hall–Kier alpha value is -2.19. The number of aromatic nitrogens is 4. The van der Waals surface area contributed by atoms with Crippen molar-refractivity contribution < 1.29 is 14.7 Å². The number of nitrogens with one attached hydrogen (secondary N) is 3. The standard InChI is InChI=1S/C10H18N6O3/c1-3-4-7(9(17)18)5-11-10(19)12-6(2)8-13-15-16-14-8/h6-7H,3-5H2,1-2H3,(H,17,18)(H2,11,12,19)(H,13,14,15,16). The molecule has 2 unspecified atom stereocenters. The third kappa shape index (κ3) is 4.90. The lowest BCUT2D eigenvalue weighted by Crippen LogP contribution is -2.41. The average molecular weight is 270 g/mol. The minimum atomic E-state index is -0.909. The third-order valence-electron chi connectivity index (χ3n) is 2.59. The molecular formula is C10H18N6O3. The van der Waals surface area contributed by atoms with Crippen molar-refractivity contribution in [3.05, 3.63) is 5.82 Å². The molecular weight excluding hydrogens is 252 g/mol. The molecule has 9 heteroatoms. The number of tetrazole rings is 1. The summed E-state index contributed by atoms with van der Waals surface area (Å²) in [6.45, 7) is 3.69. The third-order valence-corrected chi connectivity index (χ3v) is 2.59. The van der Waals surface area contributed by atoms with Gasteiger partial charge in [-0.25, -0.2) is 4.79 Å². The van der Waals surface area contributed by atoms with Crippen LogP contribution in [-0.2, 0) is 4.79 Å². The zero-order chi connectivity index (χ0) is 14.3. The first-order valence-electron chi connectivity index (χ1n) is 6.05. The van der Waals surface area contributed by atoms with Crippen molar-refractivity contribution in [2.75, 3.05) is 6.54 Å². The van der Waals surface area contributed by atoms with Gasteiger partial charge in [-0.1, -0.05) is 18.6 Å². The number of aliphatic carboxylic acids is 1. The van der Waals surface area contributed by atoms with Crippen LogP contribution in [0.15, 0.2) is 0 Å². The lowest BCUT2D eigenvalue weighted by Gasteiger charge is -2.14. The van der Waals surface area contributed by atoms with E-state index in [1.165, 1.54) is 0 Å². The van der Waals surface area contributed by atoms with Gasteiger partial charge in [-0.15, -0.1) is 10.2 Å². The topological polar surface area (TPSA) is 133 Å². The Bertz CT molecular complexity index is 407. The first kappa shape index (κ1) is 14.9. The van der Waals surface area contributed by atoms with Crippen molar-refractivity contribution in [1.29, 1.82) is 0 Å². The van der Waals surface area contributed by atoms with Crippen molar-refractivity contribution >= 4 is 12.0 Å². The van der Waals surface area contributed by atoms with Gasteiger partial charge in [0, 0.05) is 6.54 Å². The van der Waals surface area contributed by atoms with E-state index < -0.39 is 24.0 Å². The summed E-state index contributed by atoms with van der Waals surface area (Å²) in [6, 6.07) is -0.868. The number of amides is 2. The van der Waals surface area contributed by atoms with E-state index in [1.807, 2.05) is 6.92 Å². The summed E-state index contributed by atoms with van der Waals surface area (Å²) in [7, 11) is 0. The maximum atomic E-state index is 11.6. The molecule has 0 bridgehead atoms. The van der Waals surface area contributed by atoms with Crippen molar-refractivity contribution in [2.45, 2.75) is 32.7 Å². The fraction of sp³-hybridized carbons (Fsp3) is 0.700. The van der Waals surface area contributed by atoms with Crippen LogP contribution in [-0.4, -0.2) is 44.3 Å². The number of H-pyrrole nitrogens is 1. The molecule has 0 saturated heterocycles. The molecule has 19 heavy (non-hydrogen) atoms. The van der Waals surface area contributed by atoms with E-state index in [1.54, 1.807) is 6.92 Å². The van der Waals surface area contributed by atoms with E-state index in [0.29, 0.717) is 12.2 Å². The molecule has 0 radical (unpaired) electrons. The van der Waals surface area contributed by atoms with Crippen LogP contribution in [0.4, 0.5) is 4.79 Å². The van der Waals surface area contributed by atoms with Crippen LogP contribution in [0.1, 0.15) is 38.6 Å². The van der Waals surface area contributed by atoms with Gasteiger partial charge < -0.3 is 15.7 Å². The van der Waals surface area contributed by atoms with E-state index in [-0.39, 0.29) is 6.54 Å². The van der Waals surface area contributed by atoms with Crippen molar-refractivity contribution in [3.63, 3.8) is 0 Å². The van der Waals surface area contributed by atoms with Crippen molar-refractivity contribution in [1.82, 2.24) is 31.3 Å². The van der Waals surface area contributed by atoms with Crippen LogP contribution < -0.4 is 10.6 Å². The average Bonchev–Trinajstić information content (AvgIpc) is 2.87. The minimum absolute atomic E-state index is 0.0912. The molecule has 1 aromatic heterocycles. The highest BCUT2D eigenvalue weighted by Gasteiger charge is 2.18. The van der Waals surface area contributed by atoms with Gasteiger partial charge in [-0.2, -0.15) is 5.21 Å². The quantitative estimate of drug-likeness (QED) is 0.553. The molecule has 0 aliphatic carbocycles. The Morgan fingerprint density at radius 1 is 1.47 bits per heavy atom. The second kappa shape index (κ2) is 7.29. The molecule has 1 aromatic rings. The Kier molecular flexibility index (Phi) is 5.71. The second-order valence-electron chi connectivity index (χ2n) is 4.17. The molecule has 0 aliphatic heterocycles. The smallest absolute Gasteiger partial charge is 0.315 e. The highest BCUT2D eigenvalue weighted by atomic mass is 16.4. The maximum Gasteiger partial charge on any atom is 0.315 e. The van der Waals surface area contributed by atoms with Gasteiger partial charge in [-0.3, -0.25) is 4.79 Å². The lowest BCUT2D eigenvalue weighted by atomic mass is 10.0. The van der Waals surface area contributed by atoms with Crippen LogP contribution in [0.25, 0.3) is 0 Å². The van der Waals surface area contributed by atoms with Gasteiger partial charge >= 0.3 is 12.0 Å².